The first-order valence-electron chi connectivity index (χ1n) is 2.82. The van der Waals surface area contributed by atoms with Crippen LogP contribution < -0.4 is 11.5 Å². The van der Waals surface area contributed by atoms with Crippen molar-refractivity contribution >= 4 is 17.9 Å². The highest BCUT2D eigenvalue weighted by Crippen LogP contribution is 1.93. The van der Waals surface area contributed by atoms with Gasteiger partial charge in [0.15, 0.2) is 11.4 Å². The molecule has 0 unspecified atom stereocenters. The molecule has 0 aliphatic heterocycles. The summed E-state index contributed by atoms with van der Waals surface area (Å²) in [4.78, 5) is 0. The lowest BCUT2D eigenvalue weighted by Crippen LogP contribution is -2.21. The van der Waals surface area contributed by atoms with Crippen molar-refractivity contribution in [1.29, 1.82) is 5.26 Å². The van der Waals surface area contributed by atoms with Crippen LogP contribution in [0.1, 0.15) is 13.8 Å². The van der Waals surface area contributed by atoms with Crippen molar-refractivity contribution in [3.63, 3.8) is 0 Å². The van der Waals surface area contributed by atoms with Gasteiger partial charge in [0.2, 0.25) is 0 Å². The number of nitrogens with two attached hydrogens (primary N) is 2. The van der Waals surface area contributed by atoms with Crippen LogP contribution in [0.25, 0.3) is 0 Å². The Morgan fingerprint density at radius 1 is 1.64 bits per heavy atom. The van der Waals surface area contributed by atoms with Crippen molar-refractivity contribution in [2.75, 3.05) is 0 Å². The van der Waals surface area contributed by atoms with E-state index in [0.717, 1.165) is 0 Å². The lowest BCUT2D eigenvalue weighted by atomic mass is 10.5. The molecule has 0 saturated heterocycles. The van der Waals surface area contributed by atoms with Gasteiger partial charge in [-0.3, -0.25) is 0 Å². The molecule has 0 radical (unpaired) electrons. The van der Waals surface area contributed by atoms with Gasteiger partial charge in [0.05, 0.1) is 11.9 Å². The van der Waals surface area contributed by atoms with Crippen molar-refractivity contribution in [1.82, 2.24) is 0 Å². The van der Waals surface area contributed by atoms with Gasteiger partial charge in [-0.25, -0.2) is 0 Å². The Bertz CT molecular complexity index is 144. The number of nitrogens with zero attached hydrogens (tertiary/aromatic N) is 2. The minimum absolute atomic E-state index is 0.0773. The van der Waals surface area contributed by atoms with E-state index >= 15 is 0 Å². The summed E-state index contributed by atoms with van der Waals surface area (Å²) in [7, 11) is 0. The maximum atomic E-state index is 8.06. The highest BCUT2D eigenvalue weighted by Gasteiger charge is 1.74. The molecule has 0 heterocycles. The molecule has 0 aliphatic carbocycles. The van der Waals surface area contributed by atoms with Crippen molar-refractivity contribution in [2.24, 2.45) is 15.9 Å². The van der Waals surface area contributed by atoms with E-state index in [4.69, 9.17) is 21.8 Å². The van der Waals surface area contributed by atoms with Crippen LogP contribution in [0.2, 0.25) is 0 Å². The van der Waals surface area contributed by atoms with Crippen LogP contribution in [-0.2, 0) is 0 Å². The van der Waals surface area contributed by atoms with E-state index in [1.165, 1.54) is 0 Å². The maximum absolute atomic E-state index is 8.06. The Kier molecular flexibility index (Phi) is 10.5. The Hall–Kier alpha value is -0.930. The molecule has 0 atom stereocenters. The Labute approximate surface area is 70.2 Å². The molecule has 0 bridgehead atoms. The second-order valence-corrected chi connectivity index (χ2v) is 2.34. The second kappa shape index (κ2) is 9.07. The fraction of sp³-hybridized carbons (Fsp3) is 0.600. The molecule has 0 amide bonds. The van der Waals surface area contributed by atoms with Gasteiger partial charge < -0.3 is 16.6 Å². The quantitative estimate of drug-likeness (QED) is 0.221. The molecule has 11 heavy (non-hydrogen) atoms. The number of nitriles is 1. The summed E-state index contributed by atoms with van der Waals surface area (Å²) in [6.07, 6.45) is -0.167. The van der Waals surface area contributed by atoms with E-state index in [1.807, 2.05) is 0 Å². The summed E-state index contributed by atoms with van der Waals surface area (Å²) in [6, 6.07) is 0. The molecule has 0 spiro atoms. The Balaban J connectivity index is 0. The van der Waals surface area contributed by atoms with Gasteiger partial charge in [0.1, 0.15) is 0 Å². The van der Waals surface area contributed by atoms with Crippen LogP contribution >= 0.6 is 11.9 Å². The molecule has 0 aromatic rings. The van der Waals surface area contributed by atoms with Gasteiger partial charge in [-0.2, -0.15) is 9.66 Å². The lowest BCUT2D eigenvalue weighted by Gasteiger charge is -1.80. The van der Waals surface area contributed by atoms with Crippen LogP contribution in [0.5, 0.6) is 0 Å². The van der Waals surface area contributed by atoms with E-state index in [-0.39, 0.29) is 12.1 Å². The first-order chi connectivity index (χ1) is 5.00. The standard InChI is InChI=1S/C3H8O.C2H4N4S/c1-3(2)4;3-1-7-6-2(4)5/h3-4H,1-2H3;(H4,4,5,6). The van der Waals surface area contributed by atoms with Crippen molar-refractivity contribution in [3.05, 3.63) is 0 Å². The van der Waals surface area contributed by atoms with E-state index in [9.17, 15) is 0 Å². The molecular weight excluding hydrogens is 164 g/mol. The zero-order valence-corrected chi connectivity index (χ0v) is 7.30. The number of hydrogen-bond acceptors (Lipinski definition) is 4. The predicted octanol–water partition coefficient (Wildman–Crippen LogP) is -0.224. The van der Waals surface area contributed by atoms with Gasteiger partial charge in [-0.15, -0.1) is 0 Å². The average Bonchev–Trinajstić information content (AvgIpc) is 1.82. The van der Waals surface area contributed by atoms with Crippen LogP contribution in [-0.4, -0.2) is 17.2 Å². The molecule has 0 aliphatic rings. The fourth-order valence-corrected chi connectivity index (χ4v) is 0.219. The molecule has 5 nitrogen and oxygen atoms in total. The largest absolute Gasteiger partial charge is 0.394 e. The summed E-state index contributed by atoms with van der Waals surface area (Å²) in [5.74, 6) is -0.0773. The van der Waals surface area contributed by atoms with Gasteiger partial charge in [-0.05, 0) is 13.8 Å². The molecular formula is C5H12N4OS. The van der Waals surface area contributed by atoms with Crippen LogP contribution in [0.4, 0.5) is 0 Å². The SMILES string of the molecule is CC(C)O.N#CSN=C(N)N. The number of aliphatic hydroxyl groups excluding tert-OH is 1. The van der Waals surface area contributed by atoms with E-state index in [2.05, 4.69) is 4.40 Å². The van der Waals surface area contributed by atoms with Crippen molar-refractivity contribution in [3.8, 4) is 5.40 Å². The Morgan fingerprint density at radius 3 is 2.09 bits per heavy atom. The maximum Gasteiger partial charge on any atom is 0.198 e. The fourth-order valence-electron chi connectivity index (χ4n) is 0.0731. The lowest BCUT2D eigenvalue weighted by molar-refractivity contribution is 0.216. The van der Waals surface area contributed by atoms with Gasteiger partial charge in [-0.1, -0.05) is 0 Å². The predicted molar refractivity (Wildman–Crippen MR) is 46.4 cm³/mol. The summed E-state index contributed by atoms with van der Waals surface area (Å²) in [5, 5.41) is 17.5. The molecule has 0 aromatic heterocycles. The topological polar surface area (TPSA) is 108 Å². The number of thiocyanates is 1. The smallest absolute Gasteiger partial charge is 0.198 e. The van der Waals surface area contributed by atoms with E-state index < -0.39 is 0 Å². The minimum atomic E-state index is -0.167. The zero-order valence-electron chi connectivity index (χ0n) is 6.48. The molecule has 64 valence electrons. The van der Waals surface area contributed by atoms with Crippen molar-refractivity contribution in [2.45, 2.75) is 20.0 Å². The van der Waals surface area contributed by atoms with E-state index in [0.29, 0.717) is 11.9 Å². The van der Waals surface area contributed by atoms with E-state index in [1.54, 1.807) is 19.2 Å². The van der Waals surface area contributed by atoms with Gasteiger partial charge in [0.25, 0.3) is 0 Å². The highest BCUT2D eigenvalue weighted by atomic mass is 32.2. The Morgan fingerprint density at radius 2 is 2.00 bits per heavy atom. The monoisotopic (exact) mass is 176 g/mol. The average molecular weight is 176 g/mol. The number of guanidine groups is 1. The normalized spacial score (nSPS) is 7.55. The second-order valence-electron chi connectivity index (χ2n) is 1.79. The molecule has 0 aromatic carbocycles. The van der Waals surface area contributed by atoms with Gasteiger partial charge >= 0.3 is 0 Å². The number of hydrogen-bond donors (Lipinski definition) is 3. The minimum Gasteiger partial charge on any atom is -0.394 e. The van der Waals surface area contributed by atoms with Crippen molar-refractivity contribution < 1.29 is 5.11 Å². The number of aliphatic hydroxyl groups is 1. The van der Waals surface area contributed by atoms with Gasteiger partial charge in [0, 0.05) is 6.10 Å². The molecule has 6 heteroatoms. The first-order valence-corrected chi connectivity index (χ1v) is 3.60. The molecule has 0 fully saturated rings. The third-order valence-corrected chi connectivity index (χ3v) is 0.576. The molecule has 0 rings (SSSR count). The highest BCUT2D eigenvalue weighted by molar-refractivity contribution is 8.02. The third kappa shape index (κ3) is 48.1. The third-order valence-electron chi connectivity index (χ3n) is 0.192. The van der Waals surface area contributed by atoms with Crippen LogP contribution in [0.3, 0.4) is 0 Å². The summed E-state index contributed by atoms with van der Waals surface area (Å²) < 4.78 is 3.27. The summed E-state index contributed by atoms with van der Waals surface area (Å²) >= 11 is 0.660. The summed E-state index contributed by atoms with van der Waals surface area (Å²) in [5.41, 5.74) is 9.67. The van der Waals surface area contributed by atoms with Crippen LogP contribution in [0, 0.1) is 10.7 Å². The molecule has 5 N–H and O–H groups in total. The first kappa shape index (κ1) is 12.7. The summed E-state index contributed by atoms with van der Waals surface area (Å²) in [6.45, 7) is 3.44. The van der Waals surface area contributed by atoms with Crippen LogP contribution in [0.15, 0.2) is 4.40 Å². The number of rotatable bonds is 1. The molecule has 0 saturated carbocycles. The zero-order chi connectivity index (χ0) is 9.28.